The van der Waals surface area contributed by atoms with E-state index in [-0.39, 0.29) is 28.7 Å². The van der Waals surface area contributed by atoms with Gasteiger partial charge in [0, 0.05) is 25.0 Å². The first-order valence-electron chi connectivity index (χ1n) is 6.87. The van der Waals surface area contributed by atoms with E-state index < -0.39 is 9.84 Å². The van der Waals surface area contributed by atoms with Gasteiger partial charge in [0.25, 0.3) is 0 Å². The molecule has 0 N–H and O–H groups in total. The number of hydrogen-bond donors (Lipinski definition) is 0. The van der Waals surface area contributed by atoms with Crippen molar-refractivity contribution in [2.75, 3.05) is 18.1 Å². The van der Waals surface area contributed by atoms with Gasteiger partial charge in [0.2, 0.25) is 5.91 Å². The molecule has 2 heterocycles. The molecule has 1 fully saturated rings. The predicted octanol–water partition coefficient (Wildman–Crippen LogP) is 0.993. The number of amides is 1. The molecule has 0 aromatic carbocycles. The third-order valence-electron chi connectivity index (χ3n) is 3.44. The summed E-state index contributed by atoms with van der Waals surface area (Å²) in [5.41, 5.74) is 0. The molecule has 8 heteroatoms. The summed E-state index contributed by atoms with van der Waals surface area (Å²) >= 11 is 1.29. The molecule has 2 unspecified atom stereocenters. The van der Waals surface area contributed by atoms with Crippen LogP contribution in [0.2, 0.25) is 0 Å². The topological polar surface area (TPSA) is 80.2 Å². The Kier molecular flexibility index (Phi) is 5.21. The first-order chi connectivity index (χ1) is 9.93. The number of aromatic nitrogens is 2. The van der Waals surface area contributed by atoms with Crippen molar-refractivity contribution >= 4 is 27.5 Å². The molecule has 1 amide bonds. The van der Waals surface area contributed by atoms with E-state index >= 15 is 0 Å². The Morgan fingerprint density at radius 2 is 2.14 bits per heavy atom. The van der Waals surface area contributed by atoms with E-state index in [4.69, 9.17) is 0 Å². The normalized spacial score (nSPS) is 21.9. The largest absolute Gasteiger partial charge is 0.338 e. The Bertz CT molecular complexity index is 592. The minimum atomic E-state index is -2.99. The Morgan fingerprint density at radius 1 is 1.48 bits per heavy atom. The van der Waals surface area contributed by atoms with E-state index in [1.807, 2.05) is 6.92 Å². The molecule has 2 rings (SSSR count). The summed E-state index contributed by atoms with van der Waals surface area (Å²) in [5.74, 6) is 0.188. The van der Waals surface area contributed by atoms with Gasteiger partial charge in [-0.25, -0.2) is 18.4 Å². The van der Waals surface area contributed by atoms with Crippen LogP contribution in [-0.2, 0) is 14.6 Å². The van der Waals surface area contributed by atoms with Crippen molar-refractivity contribution in [1.29, 1.82) is 0 Å². The van der Waals surface area contributed by atoms with Gasteiger partial charge < -0.3 is 4.90 Å². The summed E-state index contributed by atoms with van der Waals surface area (Å²) < 4.78 is 23.2. The van der Waals surface area contributed by atoms with Crippen molar-refractivity contribution in [1.82, 2.24) is 14.9 Å². The van der Waals surface area contributed by atoms with E-state index in [9.17, 15) is 13.2 Å². The zero-order valence-electron chi connectivity index (χ0n) is 12.1. The highest BCUT2D eigenvalue weighted by Gasteiger charge is 2.35. The molecule has 0 spiro atoms. The van der Waals surface area contributed by atoms with Gasteiger partial charge in [-0.05, 0) is 26.3 Å². The fraction of sp³-hybridized carbons (Fsp3) is 0.615. The van der Waals surface area contributed by atoms with Gasteiger partial charge in [-0.15, -0.1) is 0 Å². The highest BCUT2D eigenvalue weighted by Crippen LogP contribution is 2.24. The average Bonchev–Trinajstić information content (AvgIpc) is 2.80. The Hall–Kier alpha value is -1.15. The highest BCUT2D eigenvalue weighted by molar-refractivity contribution is 8.00. The van der Waals surface area contributed by atoms with Crippen LogP contribution in [0.25, 0.3) is 0 Å². The first kappa shape index (κ1) is 16.2. The number of hydrogen-bond acceptors (Lipinski definition) is 6. The molecule has 116 valence electrons. The summed E-state index contributed by atoms with van der Waals surface area (Å²) in [4.78, 5) is 22.4. The molecule has 21 heavy (non-hydrogen) atoms. The number of sulfone groups is 1. The Labute approximate surface area is 129 Å². The lowest BCUT2D eigenvalue weighted by Gasteiger charge is -2.29. The minimum Gasteiger partial charge on any atom is -0.338 e. The van der Waals surface area contributed by atoms with E-state index in [0.717, 1.165) is 0 Å². The lowest BCUT2D eigenvalue weighted by Crippen LogP contribution is -2.44. The SMILES string of the molecule is CCN(C(=O)C(C)Sc1ncccn1)C1CCS(=O)(=O)C1. The summed E-state index contributed by atoms with van der Waals surface area (Å²) in [6.07, 6.45) is 3.79. The number of carbonyl (C=O) groups excluding carboxylic acids is 1. The molecular formula is C13H19N3O3S2. The van der Waals surface area contributed by atoms with Crippen LogP contribution in [-0.4, -0.2) is 58.5 Å². The highest BCUT2D eigenvalue weighted by atomic mass is 32.2. The number of rotatable bonds is 5. The van der Waals surface area contributed by atoms with Crippen molar-refractivity contribution in [3.63, 3.8) is 0 Å². The summed E-state index contributed by atoms with van der Waals surface area (Å²) in [6.45, 7) is 4.19. The van der Waals surface area contributed by atoms with Crippen molar-refractivity contribution < 1.29 is 13.2 Å². The van der Waals surface area contributed by atoms with Gasteiger partial charge in [-0.3, -0.25) is 4.79 Å². The van der Waals surface area contributed by atoms with Gasteiger partial charge in [-0.2, -0.15) is 0 Å². The van der Waals surface area contributed by atoms with Crippen molar-refractivity contribution in [2.24, 2.45) is 0 Å². The van der Waals surface area contributed by atoms with Gasteiger partial charge in [-0.1, -0.05) is 11.8 Å². The molecule has 2 atom stereocenters. The third-order valence-corrected chi connectivity index (χ3v) is 6.17. The van der Waals surface area contributed by atoms with Crippen molar-refractivity contribution in [2.45, 2.75) is 36.7 Å². The second-order valence-corrected chi connectivity index (χ2v) is 8.51. The van der Waals surface area contributed by atoms with Crippen LogP contribution in [0.15, 0.2) is 23.6 Å². The molecule has 0 saturated carbocycles. The molecule has 1 aliphatic heterocycles. The van der Waals surface area contributed by atoms with Gasteiger partial charge in [0.1, 0.15) is 0 Å². The number of thioether (sulfide) groups is 1. The fourth-order valence-electron chi connectivity index (χ4n) is 2.40. The molecule has 1 aromatic heterocycles. The van der Waals surface area contributed by atoms with Crippen LogP contribution in [0.4, 0.5) is 0 Å². The lowest BCUT2D eigenvalue weighted by molar-refractivity contribution is -0.131. The zero-order valence-corrected chi connectivity index (χ0v) is 13.7. The Balaban J connectivity index is 2.03. The fourth-order valence-corrected chi connectivity index (χ4v) is 4.93. The van der Waals surface area contributed by atoms with E-state index in [1.165, 1.54) is 11.8 Å². The lowest BCUT2D eigenvalue weighted by atomic mass is 10.2. The van der Waals surface area contributed by atoms with E-state index in [1.54, 1.807) is 30.3 Å². The molecule has 1 saturated heterocycles. The molecule has 1 aliphatic rings. The number of carbonyl (C=O) groups is 1. The van der Waals surface area contributed by atoms with Crippen molar-refractivity contribution in [3.8, 4) is 0 Å². The first-order valence-corrected chi connectivity index (χ1v) is 9.57. The second-order valence-electron chi connectivity index (χ2n) is 4.97. The molecular weight excluding hydrogens is 310 g/mol. The predicted molar refractivity (Wildman–Crippen MR) is 81.8 cm³/mol. The summed E-state index contributed by atoms with van der Waals surface area (Å²) in [5, 5.41) is 0.212. The van der Waals surface area contributed by atoms with Crippen LogP contribution >= 0.6 is 11.8 Å². The Morgan fingerprint density at radius 3 is 2.67 bits per heavy atom. The van der Waals surface area contributed by atoms with Crippen LogP contribution in [0.3, 0.4) is 0 Å². The second kappa shape index (κ2) is 6.74. The van der Waals surface area contributed by atoms with Gasteiger partial charge in [0.15, 0.2) is 15.0 Å². The van der Waals surface area contributed by atoms with E-state index in [0.29, 0.717) is 18.1 Å². The zero-order chi connectivity index (χ0) is 15.5. The molecule has 0 radical (unpaired) electrons. The molecule has 6 nitrogen and oxygen atoms in total. The monoisotopic (exact) mass is 329 g/mol. The molecule has 0 aliphatic carbocycles. The van der Waals surface area contributed by atoms with Crippen LogP contribution in [0.1, 0.15) is 20.3 Å². The molecule has 1 aromatic rings. The average molecular weight is 329 g/mol. The maximum absolute atomic E-state index is 12.5. The van der Waals surface area contributed by atoms with Crippen LogP contribution < -0.4 is 0 Å². The molecule has 0 bridgehead atoms. The van der Waals surface area contributed by atoms with Gasteiger partial charge >= 0.3 is 0 Å². The number of nitrogens with zero attached hydrogens (tertiary/aromatic N) is 3. The quantitative estimate of drug-likeness (QED) is 0.592. The van der Waals surface area contributed by atoms with Crippen LogP contribution in [0.5, 0.6) is 0 Å². The maximum Gasteiger partial charge on any atom is 0.236 e. The van der Waals surface area contributed by atoms with E-state index in [2.05, 4.69) is 9.97 Å². The smallest absolute Gasteiger partial charge is 0.236 e. The maximum atomic E-state index is 12.5. The van der Waals surface area contributed by atoms with Gasteiger partial charge in [0.05, 0.1) is 16.8 Å². The standard InChI is InChI=1S/C13H19N3O3S2/c1-3-16(11-5-8-21(18,19)9-11)12(17)10(2)20-13-14-6-4-7-15-13/h4,6-7,10-11H,3,5,8-9H2,1-2H3. The van der Waals surface area contributed by atoms with Crippen LogP contribution in [0, 0.1) is 0 Å². The summed E-state index contributed by atoms with van der Waals surface area (Å²) in [6, 6.07) is 1.52. The minimum absolute atomic E-state index is 0.0583. The summed E-state index contributed by atoms with van der Waals surface area (Å²) in [7, 11) is -2.99. The van der Waals surface area contributed by atoms with Crippen molar-refractivity contribution in [3.05, 3.63) is 18.5 Å². The third kappa shape index (κ3) is 4.16.